The van der Waals surface area contributed by atoms with Gasteiger partial charge in [-0.3, -0.25) is 0 Å². The first-order chi connectivity index (χ1) is 9.10. The molecule has 0 aliphatic heterocycles. The lowest BCUT2D eigenvalue weighted by atomic mass is 9.80. The van der Waals surface area contributed by atoms with Crippen LogP contribution in [0.1, 0.15) is 45.6 Å². The van der Waals surface area contributed by atoms with Gasteiger partial charge in [0.25, 0.3) is 0 Å². The van der Waals surface area contributed by atoms with Gasteiger partial charge in [0, 0.05) is 11.6 Å². The highest BCUT2D eigenvalue weighted by molar-refractivity contribution is 7.07. The standard InChI is InChI=1S/C16H30N2S/c1-6-10-17-15(12-14-9-11-19-13-14)16(7-2,8-3)18(4)5/h9,11,13,15,17H,6-8,10,12H2,1-5H3. The highest BCUT2D eigenvalue weighted by Crippen LogP contribution is 2.28. The summed E-state index contributed by atoms with van der Waals surface area (Å²) in [7, 11) is 4.45. The maximum absolute atomic E-state index is 3.79. The Morgan fingerprint density at radius 2 is 1.95 bits per heavy atom. The second kappa shape index (κ2) is 8.03. The second-order valence-electron chi connectivity index (χ2n) is 5.55. The van der Waals surface area contributed by atoms with E-state index < -0.39 is 0 Å². The number of rotatable bonds is 9. The van der Waals surface area contributed by atoms with E-state index in [1.165, 1.54) is 24.8 Å². The molecule has 1 unspecified atom stereocenters. The molecule has 0 aliphatic rings. The van der Waals surface area contributed by atoms with Crippen LogP contribution >= 0.6 is 11.3 Å². The monoisotopic (exact) mass is 282 g/mol. The molecule has 0 saturated heterocycles. The first kappa shape index (κ1) is 16.7. The van der Waals surface area contributed by atoms with E-state index in [9.17, 15) is 0 Å². The SMILES string of the molecule is CCCNC(Cc1ccsc1)C(CC)(CC)N(C)C. The fraction of sp³-hybridized carbons (Fsp3) is 0.750. The van der Waals surface area contributed by atoms with Crippen molar-refractivity contribution < 1.29 is 0 Å². The van der Waals surface area contributed by atoms with Crippen LogP contribution in [0.15, 0.2) is 16.8 Å². The zero-order chi connectivity index (χ0) is 14.3. The van der Waals surface area contributed by atoms with Gasteiger partial charge in [0.2, 0.25) is 0 Å². The Hall–Kier alpha value is -0.380. The maximum Gasteiger partial charge on any atom is 0.0354 e. The van der Waals surface area contributed by atoms with Gasteiger partial charge >= 0.3 is 0 Å². The largest absolute Gasteiger partial charge is 0.312 e. The van der Waals surface area contributed by atoms with Gasteiger partial charge in [-0.2, -0.15) is 11.3 Å². The Labute approximate surface area is 123 Å². The van der Waals surface area contributed by atoms with Crippen LogP contribution < -0.4 is 5.32 Å². The number of thiophene rings is 1. The summed E-state index contributed by atoms with van der Waals surface area (Å²) in [6.07, 6.45) is 4.68. The van der Waals surface area contributed by atoms with Gasteiger partial charge in [-0.15, -0.1) is 0 Å². The van der Waals surface area contributed by atoms with Gasteiger partial charge in [-0.25, -0.2) is 0 Å². The number of likely N-dealkylation sites (N-methyl/N-ethyl adjacent to an activating group) is 1. The minimum absolute atomic E-state index is 0.247. The molecule has 2 nitrogen and oxygen atoms in total. The topological polar surface area (TPSA) is 15.3 Å². The van der Waals surface area contributed by atoms with Crippen LogP contribution in [0.25, 0.3) is 0 Å². The predicted molar refractivity (Wildman–Crippen MR) is 87.1 cm³/mol. The minimum Gasteiger partial charge on any atom is -0.312 e. The molecular formula is C16H30N2S. The third kappa shape index (κ3) is 4.04. The van der Waals surface area contributed by atoms with E-state index in [0.29, 0.717) is 6.04 Å². The molecule has 110 valence electrons. The molecule has 19 heavy (non-hydrogen) atoms. The van der Waals surface area contributed by atoms with E-state index in [1.54, 1.807) is 11.3 Å². The van der Waals surface area contributed by atoms with Gasteiger partial charge in [-0.05, 0) is 68.7 Å². The average Bonchev–Trinajstić information content (AvgIpc) is 2.90. The third-order valence-electron chi connectivity index (χ3n) is 4.42. The van der Waals surface area contributed by atoms with E-state index in [0.717, 1.165) is 13.0 Å². The second-order valence-corrected chi connectivity index (χ2v) is 6.33. The number of nitrogens with one attached hydrogen (secondary N) is 1. The average molecular weight is 282 g/mol. The molecule has 0 bridgehead atoms. The molecule has 1 N–H and O–H groups in total. The molecule has 1 atom stereocenters. The molecule has 3 heteroatoms. The summed E-state index contributed by atoms with van der Waals surface area (Å²) < 4.78 is 0. The first-order valence-electron chi connectivity index (χ1n) is 7.52. The van der Waals surface area contributed by atoms with E-state index in [1.807, 2.05) is 0 Å². The van der Waals surface area contributed by atoms with Crippen molar-refractivity contribution in [3.05, 3.63) is 22.4 Å². The Balaban J connectivity index is 2.91. The quantitative estimate of drug-likeness (QED) is 0.741. The normalized spacial score (nSPS) is 14.0. The van der Waals surface area contributed by atoms with Gasteiger partial charge in [0.1, 0.15) is 0 Å². The minimum atomic E-state index is 0.247. The van der Waals surface area contributed by atoms with Crippen molar-refractivity contribution in [3.8, 4) is 0 Å². The summed E-state index contributed by atoms with van der Waals surface area (Å²) in [5.41, 5.74) is 1.71. The molecule has 1 aromatic heterocycles. The fourth-order valence-electron chi connectivity index (χ4n) is 3.10. The third-order valence-corrected chi connectivity index (χ3v) is 5.16. The smallest absolute Gasteiger partial charge is 0.0354 e. The molecule has 1 heterocycles. The molecule has 0 aromatic carbocycles. The molecular weight excluding hydrogens is 252 g/mol. The molecule has 0 saturated carbocycles. The van der Waals surface area contributed by atoms with Crippen LogP contribution in [0, 0.1) is 0 Å². The molecule has 0 spiro atoms. The van der Waals surface area contributed by atoms with E-state index >= 15 is 0 Å². The molecule has 0 fully saturated rings. The summed E-state index contributed by atoms with van der Waals surface area (Å²) in [6.45, 7) is 7.98. The molecule has 0 radical (unpaired) electrons. The zero-order valence-electron chi connectivity index (χ0n) is 13.2. The van der Waals surface area contributed by atoms with E-state index in [4.69, 9.17) is 0 Å². The van der Waals surface area contributed by atoms with Crippen LogP contribution in [0.3, 0.4) is 0 Å². The molecule has 0 amide bonds. The van der Waals surface area contributed by atoms with Crippen molar-refractivity contribution in [3.63, 3.8) is 0 Å². The van der Waals surface area contributed by atoms with Crippen molar-refractivity contribution in [1.29, 1.82) is 0 Å². The van der Waals surface area contributed by atoms with Crippen molar-refractivity contribution in [2.75, 3.05) is 20.6 Å². The zero-order valence-corrected chi connectivity index (χ0v) is 14.0. The van der Waals surface area contributed by atoms with E-state index in [-0.39, 0.29) is 5.54 Å². The van der Waals surface area contributed by atoms with Crippen molar-refractivity contribution in [2.45, 2.75) is 58.0 Å². The molecule has 1 rings (SSSR count). The highest BCUT2D eigenvalue weighted by Gasteiger charge is 2.37. The van der Waals surface area contributed by atoms with Gasteiger partial charge in [-0.1, -0.05) is 20.8 Å². The maximum atomic E-state index is 3.79. The summed E-state index contributed by atoms with van der Waals surface area (Å²) in [6, 6.07) is 2.78. The van der Waals surface area contributed by atoms with E-state index in [2.05, 4.69) is 61.9 Å². The van der Waals surface area contributed by atoms with Crippen molar-refractivity contribution in [2.24, 2.45) is 0 Å². The summed E-state index contributed by atoms with van der Waals surface area (Å²) in [5.74, 6) is 0. The fourth-order valence-corrected chi connectivity index (χ4v) is 3.78. The van der Waals surface area contributed by atoms with Gasteiger partial charge in [0.15, 0.2) is 0 Å². The lowest BCUT2D eigenvalue weighted by Gasteiger charge is -2.45. The summed E-state index contributed by atoms with van der Waals surface area (Å²) in [5, 5.41) is 8.26. The summed E-state index contributed by atoms with van der Waals surface area (Å²) in [4.78, 5) is 2.42. The van der Waals surface area contributed by atoms with Crippen LogP contribution in [0.4, 0.5) is 0 Å². The molecule has 1 aromatic rings. The number of hydrogen-bond donors (Lipinski definition) is 1. The predicted octanol–water partition coefficient (Wildman–Crippen LogP) is 3.78. The highest BCUT2D eigenvalue weighted by atomic mass is 32.1. The van der Waals surface area contributed by atoms with Crippen molar-refractivity contribution >= 4 is 11.3 Å². The first-order valence-corrected chi connectivity index (χ1v) is 8.46. The van der Waals surface area contributed by atoms with Gasteiger partial charge in [0.05, 0.1) is 0 Å². The number of nitrogens with zero attached hydrogens (tertiary/aromatic N) is 1. The summed E-state index contributed by atoms with van der Waals surface area (Å²) >= 11 is 1.80. The molecule has 0 aliphatic carbocycles. The number of hydrogen-bond acceptors (Lipinski definition) is 3. The lowest BCUT2D eigenvalue weighted by molar-refractivity contribution is 0.0882. The van der Waals surface area contributed by atoms with Crippen molar-refractivity contribution in [1.82, 2.24) is 10.2 Å². The Bertz CT molecular complexity index is 329. The Kier molecular flexibility index (Phi) is 7.05. The van der Waals surface area contributed by atoms with Crippen LogP contribution in [0.5, 0.6) is 0 Å². The van der Waals surface area contributed by atoms with Crippen LogP contribution in [-0.2, 0) is 6.42 Å². The van der Waals surface area contributed by atoms with Crippen LogP contribution in [-0.4, -0.2) is 37.1 Å². The van der Waals surface area contributed by atoms with Gasteiger partial charge < -0.3 is 10.2 Å². The Morgan fingerprint density at radius 3 is 2.37 bits per heavy atom. The Morgan fingerprint density at radius 1 is 1.26 bits per heavy atom. The lowest BCUT2D eigenvalue weighted by Crippen LogP contribution is -2.59. The van der Waals surface area contributed by atoms with Crippen LogP contribution in [0.2, 0.25) is 0 Å².